The number of urea groups is 2. The fraction of sp³-hybridized carbons (Fsp3) is 0.667. The number of primary amides is 2. The normalized spacial score (nSPS) is 15.4. The summed E-state index contributed by atoms with van der Waals surface area (Å²) in [5.41, 5.74) is 9.22. The molecule has 0 aliphatic heterocycles. The molecule has 0 heterocycles. The predicted octanol–water partition coefficient (Wildman–Crippen LogP) is -2.24. The van der Waals surface area contributed by atoms with E-state index in [1.54, 1.807) is 0 Å². The van der Waals surface area contributed by atoms with E-state index in [4.69, 9.17) is 0 Å². The molecule has 0 rings (SSSR count). The Morgan fingerprint density at radius 1 is 0.947 bits per heavy atom. The molecule has 4 amide bonds. The number of carbonyl (C=O) groups excluding carboxylic acids is 2. The van der Waals surface area contributed by atoms with Gasteiger partial charge in [-0.05, 0) is 36.0 Å². The molecule has 0 saturated heterocycles. The van der Waals surface area contributed by atoms with Crippen LogP contribution in [0.25, 0.3) is 0 Å². The van der Waals surface area contributed by atoms with Crippen molar-refractivity contribution < 1.29 is 46.6 Å². The van der Waals surface area contributed by atoms with Gasteiger partial charge in [-0.3, -0.25) is 8.42 Å². The van der Waals surface area contributed by atoms with Crippen molar-refractivity contribution in [3.8, 4) is 0 Å². The van der Waals surface area contributed by atoms with Crippen molar-refractivity contribution in [3.05, 3.63) is 0 Å². The SMILES string of the molecule is CC(NC(N)=O)S(=O)[O-].CC(NC(N)=O)S(=O)[O-].[Zn+2]. The van der Waals surface area contributed by atoms with Crippen LogP contribution >= 0.6 is 0 Å². The third-order valence-corrected chi connectivity index (χ3v) is 2.66. The van der Waals surface area contributed by atoms with Gasteiger partial charge in [0, 0.05) is 0 Å². The van der Waals surface area contributed by atoms with Crippen molar-refractivity contribution in [1.29, 1.82) is 0 Å². The van der Waals surface area contributed by atoms with Crippen LogP contribution in [-0.4, -0.2) is 40.3 Å². The van der Waals surface area contributed by atoms with Crippen LogP contribution in [0.5, 0.6) is 0 Å². The second-order valence-electron chi connectivity index (χ2n) is 2.82. The first-order valence-corrected chi connectivity index (χ1v) is 6.63. The second-order valence-corrected chi connectivity index (χ2v) is 5.28. The maximum atomic E-state index is 9.96. The predicted molar refractivity (Wildman–Crippen MR) is 62.2 cm³/mol. The monoisotopic (exact) mass is 366 g/mol. The molecule has 0 aliphatic carbocycles. The first-order chi connectivity index (χ1) is 8.07. The van der Waals surface area contributed by atoms with Crippen LogP contribution in [0.3, 0.4) is 0 Å². The average Bonchev–Trinajstić information content (AvgIpc) is 2.16. The van der Waals surface area contributed by atoms with E-state index in [9.17, 15) is 27.1 Å². The van der Waals surface area contributed by atoms with Gasteiger partial charge < -0.3 is 31.2 Å². The molecular weight excluding hydrogens is 354 g/mol. The van der Waals surface area contributed by atoms with Gasteiger partial charge in [0.1, 0.15) is 0 Å². The number of nitrogens with one attached hydrogen (secondary N) is 2. The van der Waals surface area contributed by atoms with Gasteiger partial charge in [-0.15, -0.1) is 0 Å². The number of nitrogens with two attached hydrogens (primary N) is 2. The second kappa shape index (κ2) is 12.4. The van der Waals surface area contributed by atoms with Gasteiger partial charge in [0.2, 0.25) is 0 Å². The summed E-state index contributed by atoms with van der Waals surface area (Å²) in [6, 6.07) is -1.68. The summed E-state index contributed by atoms with van der Waals surface area (Å²) in [4.78, 5) is 19.9. The summed E-state index contributed by atoms with van der Waals surface area (Å²) < 4.78 is 39.9. The standard InChI is InChI=1S/2C3H8N2O3S.Zn/c2*1-2(9(7)8)5-3(4)6;/h2*2H,1H3,(H,7,8)(H3,4,5,6);/q;;+2/p-2. The quantitative estimate of drug-likeness (QED) is 0.320. The summed E-state index contributed by atoms with van der Waals surface area (Å²) >= 11 is -4.59. The summed E-state index contributed by atoms with van der Waals surface area (Å²) in [6.07, 6.45) is 0. The molecule has 0 aromatic heterocycles. The minimum atomic E-state index is -2.29. The number of amides is 4. The van der Waals surface area contributed by atoms with Crippen LogP contribution in [0, 0.1) is 0 Å². The van der Waals surface area contributed by atoms with Gasteiger partial charge in [0.05, 0.1) is 10.7 Å². The fourth-order valence-corrected chi connectivity index (χ4v) is 0.922. The molecule has 10 nitrogen and oxygen atoms in total. The van der Waals surface area contributed by atoms with Crippen molar-refractivity contribution in [2.45, 2.75) is 24.6 Å². The number of carbonyl (C=O) groups is 2. The van der Waals surface area contributed by atoms with Crippen molar-refractivity contribution >= 4 is 34.2 Å². The van der Waals surface area contributed by atoms with Gasteiger partial charge in [0.15, 0.2) is 0 Å². The molecule has 0 saturated carbocycles. The molecule has 0 fully saturated rings. The van der Waals surface area contributed by atoms with Crippen molar-refractivity contribution in [2.75, 3.05) is 0 Å². The number of rotatable bonds is 4. The average molecular weight is 368 g/mol. The molecule has 13 heteroatoms. The molecule has 0 radical (unpaired) electrons. The molecule has 0 bridgehead atoms. The first-order valence-electron chi connectivity index (χ1n) is 4.36. The minimum absolute atomic E-state index is 0. The van der Waals surface area contributed by atoms with Gasteiger partial charge >= 0.3 is 31.5 Å². The zero-order valence-corrected chi connectivity index (χ0v) is 14.9. The Morgan fingerprint density at radius 2 is 1.16 bits per heavy atom. The molecular formula is C6H14N4O6S2Zn. The Morgan fingerprint density at radius 3 is 1.21 bits per heavy atom. The van der Waals surface area contributed by atoms with Gasteiger partial charge in [0.25, 0.3) is 0 Å². The van der Waals surface area contributed by atoms with E-state index in [2.05, 4.69) is 11.5 Å². The molecule has 4 atom stereocenters. The maximum Gasteiger partial charge on any atom is 2.00 e. The van der Waals surface area contributed by atoms with Crippen molar-refractivity contribution in [2.24, 2.45) is 11.5 Å². The maximum absolute atomic E-state index is 9.96. The zero-order chi connectivity index (χ0) is 14.9. The fourth-order valence-electron chi connectivity index (χ4n) is 0.497. The molecule has 0 spiro atoms. The van der Waals surface area contributed by atoms with Crippen LogP contribution in [0.4, 0.5) is 9.59 Å². The van der Waals surface area contributed by atoms with Gasteiger partial charge in [-0.25, -0.2) is 9.59 Å². The van der Waals surface area contributed by atoms with E-state index in [-0.39, 0.29) is 19.5 Å². The Kier molecular flexibility index (Phi) is 15.3. The summed E-state index contributed by atoms with van der Waals surface area (Å²) in [5, 5.41) is 2.11. The van der Waals surface area contributed by atoms with E-state index in [0.29, 0.717) is 0 Å². The Balaban J connectivity index is -0.000000256. The summed E-state index contributed by atoms with van der Waals surface area (Å²) in [6.45, 7) is 2.63. The number of hydrogen-bond donors (Lipinski definition) is 4. The van der Waals surface area contributed by atoms with Crippen molar-refractivity contribution in [3.63, 3.8) is 0 Å². The largest absolute Gasteiger partial charge is 2.00 e. The van der Waals surface area contributed by atoms with Crippen LogP contribution in [0.1, 0.15) is 13.8 Å². The smallest absolute Gasteiger partial charge is 0.771 e. The van der Waals surface area contributed by atoms with E-state index in [0.717, 1.165) is 0 Å². The zero-order valence-electron chi connectivity index (χ0n) is 10.3. The summed E-state index contributed by atoms with van der Waals surface area (Å²) in [7, 11) is 0. The molecule has 0 aromatic rings. The minimum Gasteiger partial charge on any atom is -0.771 e. The van der Waals surface area contributed by atoms with E-state index >= 15 is 0 Å². The molecule has 108 valence electrons. The van der Waals surface area contributed by atoms with E-state index < -0.39 is 45.0 Å². The Hall–Kier alpha value is -0.617. The molecule has 19 heavy (non-hydrogen) atoms. The first kappa shape index (κ1) is 23.5. The Labute approximate surface area is 127 Å². The summed E-state index contributed by atoms with van der Waals surface area (Å²) in [5.74, 6) is 0. The van der Waals surface area contributed by atoms with Gasteiger partial charge in [-0.1, -0.05) is 0 Å². The number of hydrogen-bond acceptors (Lipinski definition) is 6. The van der Waals surface area contributed by atoms with Crippen LogP contribution in [0.15, 0.2) is 0 Å². The third kappa shape index (κ3) is 17.4. The molecule has 4 unspecified atom stereocenters. The van der Waals surface area contributed by atoms with Crippen molar-refractivity contribution in [1.82, 2.24) is 10.6 Å². The molecule has 0 aliphatic rings. The van der Waals surface area contributed by atoms with E-state index in [1.165, 1.54) is 13.8 Å². The van der Waals surface area contributed by atoms with Gasteiger partial charge in [-0.2, -0.15) is 0 Å². The van der Waals surface area contributed by atoms with E-state index in [1.807, 2.05) is 10.6 Å². The van der Waals surface area contributed by atoms with Crippen LogP contribution < -0.4 is 22.1 Å². The van der Waals surface area contributed by atoms with Crippen LogP contribution in [-0.2, 0) is 41.6 Å². The molecule has 6 N–H and O–H groups in total. The topological polar surface area (TPSA) is 190 Å². The third-order valence-electron chi connectivity index (χ3n) is 1.27. The van der Waals surface area contributed by atoms with Crippen LogP contribution in [0.2, 0.25) is 0 Å². The molecule has 0 aromatic carbocycles. The Bertz CT molecular complexity index is 312.